The summed E-state index contributed by atoms with van der Waals surface area (Å²) >= 11 is 0. The van der Waals surface area contributed by atoms with Gasteiger partial charge < -0.3 is 4.57 Å². The average molecular weight is 401 g/mol. The Morgan fingerprint density at radius 3 is 2.50 bits per heavy atom. The van der Waals surface area contributed by atoms with E-state index in [0.29, 0.717) is 28.1 Å². The van der Waals surface area contributed by atoms with E-state index in [1.807, 2.05) is 0 Å². The predicted octanol–water partition coefficient (Wildman–Crippen LogP) is 2.67. The fraction of sp³-hybridized carbons (Fsp3) is 0.200. The van der Waals surface area contributed by atoms with Gasteiger partial charge in [0.2, 0.25) is 15.8 Å². The number of sulfonamides is 1. The summed E-state index contributed by atoms with van der Waals surface area (Å²) in [5, 5.41) is 4.47. The van der Waals surface area contributed by atoms with Gasteiger partial charge in [0, 0.05) is 37.1 Å². The number of halogens is 1. The Morgan fingerprint density at radius 1 is 1.25 bits per heavy atom. The molecule has 3 aromatic rings. The van der Waals surface area contributed by atoms with E-state index < -0.39 is 21.1 Å². The number of aryl methyl sites for hydroxylation is 1. The molecule has 0 spiro atoms. The van der Waals surface area contributed by atoms with Crippen LogP contribution in [0.25, 0.3) is 0 Å². The van der Waals surface area contributed by atoms with E-state index in [1.54, 1.807) is 42.9 Å². The monoisotopic (exact) mass is 401 g/mol. The lowest BCUT2D eigenvalue weighted by Crippen LogP contribution is -2.24. The zero-order valence-corrected chi connectivity index (χ0v) is 16.3. The second-order valence-corrected chi connectivity index (χ2v) is 8.38. The van der Waals surface area contributed by atoms with Crippen molar-refractivity contribution in [3.8, 4) is 0 Å². The lowest BCUT2D eigenvalue weighted by atomic mass is 10.1. The molecule has 0 aliphatic carbocycles. The smallest absolute Gasteiger partial charge is 0.216 e. The lowest BCUT2D eigenvalue weighted by molar-refractivity contribution is 0.103. The molecule has 0 aliphatic rings. The summed E-state index contributed by atoms with van der Waals surface area (Å²) in [5.41, 5.74) is 2.60. The molecule has 2 aromatic heterocycles. The maximum atomic E-state index is 13.1. The molecule has 28 heavy (non-hydrogen) atoms. The Kier molecular flexibility index (Phi) is 5.44. The highest BCUT2D eigenvalue weighted by Gasteiger charge is 2.27. The van der Waals surface area contributed by atoms with Crippen LogP contribution in [0.2, 0.25) is 0 Å². The van der Waals surface area contributed by atoms with Crippen molar-refractivity contribution in [2.75, 3.05) is 0 Å². The molecule has 2 N–H and O–H groups in total. The molecule has 0 fully saturated rings. The molecule has 2 heterocycles. The number of nitrogens with zero attached hydrogens (tertiary/aromatic N) is 2. The summed E-state index contributed by atoms with van der Waals surface area (Å²) in [6, 6.07) is 10.4. The molecule has 0 radical (unpaired) electrons. The molecule has 0 aliphatic heterocycles. The van der Waals surface area contributed by atoms with Gasteiger partial charge >= 0.3 is 0 Å². The van der Waals surface area contributed by atoms with E-state index in [9.17, 15) is 17.6 Å². The first kappa shape index (κ1) is 19.9. The number of ketones is 1. The zero-order chi connectivity index (χ0) is 20.5. The molecule has 0 amide bonds. The third-order valence-corrected chi connectivity index (χ3v) is 5.92. The molecule has 8 heteroatoms. The van der Waals surface area contributed by atoms with Crippen LogP contribution in [0, 0.1) is 12.7 Å². The van der Waals surface area contributed by atoms with Gasteiger partial charge in [-0.15, -0.1) is 0 Å². The normalized spacial score (nSPS) is 12.7. The minimum Gasteiger partial charge on any atom is -0.345 e. The summed E-state index contributed by atoms with van der Waals surface area (Å²) in [4.78, 5) is 16.8. The fourth-order valence-corrected chi connectivity index (χ4v) is 4.19. The quantitative estimate of drug-likeness (QED) is 0.643. The minimum atomic E-state index is -3.89. The number of primary sulfonamides is 1. The van der Waals surface area contributed by atoms with Gasteiger partial charge in [-0.25, -0.2) is 17.9 Å². The number of carbonyl (C=O) groups is 1. The molecule has 1 atom stereocenters. The Hall–Kier alpha value is -2.84. The molecular formula is C20H20FN3O3S. The second-order valence-electron chi connectivity index (χ2n) is 6.63. The van der Waals surface area contributed by atoms with Crippen molar-refractivity contribution in [2.24, 2.45) is 12.2 Å². The predicted molar refractivity (Wildman–Crippen MR) is 104 cm³/mol. The van der Waals surface area contributed by atoms with Gasteiger partial charge in [0.05, 0.1) is 5.69 Å². The number of benzene rings is 1. The molecular weight excluding hydrogens is 381 g/mol. The second kappa shape index (κ2) is 7.65. The fourth-order valence-electron chi connectivity index (χ4n) is 3.27. The average Bonchev–Trinajstić information content (AvgIpc) is 2.93. The maximum absolute atomic E-state index is 13.1. The van der Waals surface area contributed by atoms with Gasteiger partial charge in [-0.05, 0) is 54.4 Å². The van der Waals surface area contributed by atoms with Crippen LogP contribution in [0.3, 0.4) is 0 Å². The first-order valence-corrected chi connectivity index (χ1v) is 10.2. The van der Waals surface area contributed by atoms with Crippen molar-refractivity contribution in [3.63, 3.8) is 0 Å². The van der Waals surface area contributed by atoms with Crippen molar-refractivity contribution in [2.45, 2.75) is 18.6 Å². The van der Waals surface area contributed by atoms with Crippen LogP contribution in [-0.2, 0) is 23.5 Å². The molecule has 6 nitrogen and oxygen atoms in total. The third kappa shape index (κ3) is 4.02. The summed E-state index contributed by atoms with van der Waals surface area (Å²) in [6.07, 6.45) is 3.11. The van der Waals surface area contributed by atoms with E-state index >= 15 is 0 Å². The van der Waals surface area contributed by atoms with Gasteiger partial charge in [-0.2, -0.15) is 0 Å². The summed E-state index contributed by atoms with van der Waals surface area (Å²) < 4.78 is 39.1. The molecule has 1 unspecified atom stereocenters. The first-order valence-electron chi connectivity index (χ1n) is 8.55. The van der Waals surface area contributed by atoms with Gasteiger partial charge in [0.1, 0.15) is 11.1 Å². The number of pyridine rings is 1. The molecule has 1 aromatic carbocycles. The molecule has 146 valence electrons. The van der Waals surface area contributed by atoms with Crippen LogP contribution in [0.15, 0.2) is 54.9 Å². The highest BCUT2D eigenvalue weighted by atomic mass is 32.2. The van der Waals surface area contributed by atoms with Crippen LogP contribution < -0.4 is 5.14 Å². The topological polar surface area (TPSA) is 95.0 Å². The third-order valence-electron chi connectivity index (χ3n) is 4.69. The van der Waals surface area contributed by atoms with E-state index in [1.165, 1.54) is 30.5 Å². The van der Waals surface area contributed by atoms with Gasteiger partial charge in [0.15, 0.2) is 0 Å². The SMILES string of the molecule is Cc1cc(CC(c2cccnc2)S(N)(=O)=O)n(C)c1C(=O)c1ccc(F)cc1. The Labute approximate surface area is 162 Å². The summed E-state index contributed by atoms with van der Waals surface area (Å²) in [5.74, 6) is -0.687. The Morgan fingerprint density at radius 2 is 1.93 bits per heavy atom. The highest BCUT2D eigenvalue weighted by molar-refractivity contribution is 7.89. The van der Waals surface area contributed by atoms with E-state index in [0.717, 1.165) is 0 Å². The zero-order valence-electron chi connectivity index (χ0n) is 15.5. The van der Waals surface area contributed by atoms with Crippen molar-refractivity contribution in [1.29, 1.82) is 0 Å². The Bertz CT molecular complexity index is 1110. The van der Waals surface area contributed by atoms with Crippen LogP contribution in [0.4, 0.5) is 4.39 Å². The summed E-state index contributed by atoms with van der Waals surface area (Å²) in [6.45, 7) is 1.77. The van der Waals surface area contributed by atoms with Crippen LogP contribution in [-0.4, -0.2) is 23.8 Å². The molecule has 0 saturated heterocycles. The number of carbonyl (C=O) groups excluding carboxylic acids is 1. The number of aromatic nitrogens is 2. The minimum absolute atomic E-state index is 0.0958. The van der Waals surface area contributed by atoms with Gasteiger partial charge in [0.25, 0.3) is 0 Å². The van der Waals surface area contributed by atoms with E-state index in [-0.39, 0.29) is 12.2 Å². The molecule has 3 rings (SSSR count). The number of hydrogen-bond donors (Lipinski definition) is 1. The van der Waals surface area contributed by atoms with Crippen molar-refractivity contribution < 1.29 is 17.6 Å². The number of hydrogen-bond acceptors (Lipinski definition) is 4. The maximum Gasteiger partial charge on any atom is 0.216 e. The summed E-state index contributed by atoms with van der Waals surface area (Å²) in [7, 11) is -2.20. The van der Waals surface area contributed by atoms with Crippen molar-refractivity contribution >= 4 is 15.8 Å². The number of rotatable bonds is 6. The van der Waals surface area contributed by atoms with Crippen LogP contribution in [0.5, 0.6) is 0 Å². The number of nitrogens with two attached hydrogens (primary N) is 1. The van der Waals surface area contributed by atoms with E-state index in [2.05, 4.69) is 4.98 Å². The highest BCUT2D eigenvalue weighted by Crippen LogP contribution is 2.27. The van der Waals surface area contributed by atoms with Crippen molar-refractivity contribution in [1.82, 2.24) is 9.55 Å². The Balaban J connectivity index is 1.99. The van der Waals surface area contributed by atoms with Crippen LogP contribution >= 0.6 is 0 Å². The lowest BCUT2D eigenvalue weighted by Gasteiger charge is -2.16. The standard InChI is InChI=1S/C20H20FN3O3S/c1-13-10-17(11-18(28(22,26)27)15-4-3-9-23-12-15)24(2)19(13)20(25)14-5-7-16(21)8-6-14/h3-10,12,18H,11H2,1-2H3,(H2,22,26,27). The van der Waals surface area contributed by atoms with E-state index in [4.69, 9.17) is 5.14 Å². The van der Waals surface area contributed by atoms with Gasteiger partial charge in [-0.3, -0.25) is 9.78 Å². The van der Waals surface area contributed by atoms with Gasteiger partial charge in [-0.1, -0.05) is 6.07 Å². The molecule has 0 bridgehead atoms. The molecule has 0 saturated carbocycles. The first-order chi connectivity index (χ1) is 13.2. The van der Waals surface area contributed by atoms with Crippen molar-refractivity contribution in [3.05, 3.63) is 88.8 Å². The van der Waals surface area contributed by atoms with Crippen LogP contribution in [0.1, 0.15) is 38.1 Å². The largest absolute Gasteiger partial charge is 0.345 e.